The Hall–Kier alpha value is -3.19. The van der Waals surface area contributed by atoms with Crippen LogP contribution in [0.3, 0.4) is 0 Å². The third kappa shape index (κ3) is 3.27. The zero-order chi connectivity index (χ0) is 20.5. The Morgan fingerprint density at radius 3 is 2.48 bits per heavy atom. The molecule has 0 saturated carbocycles. The van der Waals surface area contributed by atoms with E-state index in [1.807, 2.05) is 37.3 Å². The van der Waals surface area contributed by atoms with Crippen LogP contribution in [0.1, 0.15) is 37.5 Å². The fraction of sp³-hybridized carbons (Fsp3) is 0.318. The fourth-order valence-electron chi connectivity index (χ4n) is 3.73. The van der Waals surface area contributed by atoms with E-state index in [1.165, 1.54) is 4.57 Å². The van der Waals surface area contributed by atoms with Gasteiger partial charge < -0.3 is 14.4 Å². The molecule has 3 aromatic rings. The number of para-hydroxylation sites is 1. The van der Waals surface area contributed by atoms with Crippen molar-refractivity contribution in [3.05, 3.63) is 70.3 Å². The van der Waals surface area contributed by atoms with Crippen LogP contribution in [0.25, 0.3) is 10.9 Å². The van der Waals surface area contributed by atoms with Gasteiger partial charge >= 0.3 is 0 Å². The average molecular weight is 393 g/mol. The van der Waals surface area contributed by atoms with E-state index in [9.17, 15) is 9.59 Å². The molecule has 0 N–H and O–H groups in total. The van der Waals surface area contributed by atoms with E-state index >= 15 is 0 Å². The van der Waals surface area contributed by atoms with Gasteiger partial charge in [0.15, 0.2) is 12.1 Å². The van der Waals surface area contributed by atoms with Crippen molar-refractivity contribution in [2.75, 3.05) is 13.7 Å². The summed E-state index contributed by atoms with van der Waals surface area (Å²) in [6.45, 7) is 4.32. The van der Waals surface area contributed by atoms with Crippen molar-refractivity contribution in [2.45, 2.75) is 32.7 Å². The summed E-state index contributed by atoms with van der Waals surface area (Å²) < 4.78 is 12.6. The van der Waals surface area contributed by atoms with Gasteiger partial charge in [-0.1, -0.05) is 24.3 Å². The molecule has 2 heterocycles. The summed E-state index contributed by atoms with van der Waals surface area (Å²) >= 11 is 0. The average Bonchev–Trinajstić information content (AvgIpc) is 2.75. The molecule has 0 fully saturated rings. The van der Waals surface area contributed by atoms with Crippen LogP contribution in [0, 0.1) is 0 Å². The first-order valence-corrected chi connectivity index (χ1v) is 9.61. The van der Waals surface area contributed by atoms with E-state index in [0.717, 1.165) is 11.3 Å². The normalized spacial score (nSPS) is 18.7. The minimum absolute atomic E-state index is 0.175. The molecule has 2 aromatic carbocycles. The van der Waals surface area contributed by atoms with E-state index in [0.29, 0.717) is 29.9 Å². The van der Waals surface area contributed by atoms with Gasteiger partial charge in [0.2, 0.25) is 5.91 Å². The molecule has 1 aliphatic rings. The second-order valence-corrected chi connectivity index (χ2v) is 6.96. The topological polar surface area (TPSA) is 73.7 Å². The largest absolute Gasteiger partial charge is 0.497 e. The highest BCUT2D eigenvalue weighted by Crippen LogP contribution is 2.32. The van der Waals surface area contributed by atoms with Crippen molar-refractivity contribution in [3.8, 4) is 5.75 Å². The molecule has 0 unspecified atom stereocenters. The lowest BCUT2D eigenvalue weighted by Gasteiger charge is -2.39. The lowest BCUT2D eigenvalue weighted by atomic mass is 10.1. The Balaban J connectivity index is 1.82. The number of carbonyl (C=O) groups is 1. The monoisotopic (exact) mass is 393 g/mol. The molecule has 4 rings (SSSR count). The Bertz CT molecular complexity index is 1110. The third-order valence-corrected chi connectivity index (χ3v) is 5.20. The number of rotatable bonds is 5. The van der Waals surface area contributed by atoms with Crippen LogP contribution in [0.4, 0.5) is 0 Å². The Labute approximate surface area is 168 Å². The molecule has 0 bridgehead atoms. The van der Waals surface area contributed by atoms with Gasteiger partial charge in [0, 0.05) is 13.2 Å². The maximum absolute atomic E-state index is 13.2. The molecular weight excluding hydrogens is 370 g/mol. The van der Waals surface area contributed by atoms with Crippen molar-refractivity contribution >= 4 is 16.8 Å². The molecule has 29 heavy (non-hydrogen) atoms. The summed E-state index contributed by atoms with van der Waals surface area (Å²) in [6, 6.07) is 14.0. The Morgan fingerprint density at radius 1 is 1.07 bits per heavy atom. The number of hydrogen-bond acceptors (Lipinski definition) is 5. The highest BCUT2D eigenvalue weighted by atomic mass is 16.5. The first-order chi connectivity index (χ1) is 14.0. The predicted octanol–water partition coefficient (Wildman–Crippen LogP) is 3.04. The van der Waals surface area contributed by atoms with Crippen molar-refractivity contribution in [1.82, 2.24) is 14.5 Å². The molecule has 7 heteroatoms. The van der Waals surface area contributed by atoms with Crippen LogP contribution in [0.2, 0.25) is 0 Å². The smallest absolute Gasteiger partial charge is 0.262 e. The van der Waals surface area contributed by atoms with E-state index in [1.54, 1.807) is 37.1 Å². The van der Waals surface area contributed by atoms with Crippen LogP contribution in [0.5, 0.6) is 5.75 Å². The second kappa shape index (κ2) is 7.67. The number of hydrogen-bond donors (Lipinski definition) is 0. The molecule has 0 radical (unpaired) electrons. The van der Waals surface area contributed by atoms with E-state index < -0.39 is 12.3 Å². The Morgan fingerprint density at radius 2 is 1.79 bits per heavy atom. The zero-order valence-electron chi connectivity index (χ0n) is 16.7. The first kappa shape index (κ1) is 19.1. The van der Waals surface area contributed by atoms with Crippen molar-refractivity contribution in [3.63, 3.8) is 0 Å². The predicted molar refractivity (Wildman–Crippen MR) is 109 cm³/mol. The van der Waals surface area contributed by atoms with Gasteiger partial charge in [-0.2, -0.15) is 0 Å². The lowest BCUT2D eigenvalue weighted by Crippen LogP contribution is -2.49. The Kier molecular flexibility index (Phi) is 5.07. The number of fused-ring (bicyclic) bond motifs is 2. The molecule has 7 nitrogen and oxygen atoms in total. The SMILES string of the molecule is CCO[C@H]1c2nc3ccccc3c(=O)n2[C@@H](C)C(=O)N1Cc1ccc(OC)cc1. The van der Waals surface area contributed by atoms with Gasteiger partial charge in [0.1, 0.15) is 11.8 Å². The van der Waals surface area contributed by atoms with Crippen LogP contribution in [-0.4, -0.2) is 34.1 Å². The molecule has 0 aliphatic carbocycles. The molecular formula is C22H23N3O4. The zero-order valence-corrected chi connectivity index (χ0v) is 16.7. The summed E-state index contributed by atoms with van der Waals surface area (Å²) in [6.07, 6.45) is -0.733. The van der Waals surface area contributed by atoms with Crippen molar-refractivity contribution < 1.29 is 14.3 Å². The minimum atomic E-state index is -0.733. The van der Waals surface area contributed by atoms with Crippen molar-refractivity contribution in [1.29, 1.82) is 0 Å². The summed E-state index contributed by atoms with van der Waals surface area (Å²) in [4.78, 5) is 32.7. The molecule has 0 saturated heterocycles. The van der Waals surface area contributed by atoms with E-state index in [-0.39, 0.29) is 11.5 Å². The van der Waals surface area contributed by atoms with Gasteiger partial charge in [0.05, 0.1) is 18.0 Å². The van der Waals surface area contributed by atoms with E-state index in [2.05, 4.69) is 0 Å². The maximum atomic E-state index is 13.2. The van der Waals surface area contributed by atoms with Gasteiger partial charge in [-0.3, -0.25) is 14.2 Å². The summed E-state index contributed by atoms with van der Waals surface area (Å²) in [7, 11) is 1.61. The highest BCUT2D eigenvalue weighted by molar-refractivity contribution is 5.83. The lowest BCUT2D eigenvalue weighted by molar-refractivity contribution is -0.158. The van der Waals surface area contributed by atoms with Gasteiger partial charge in [-0.25, -0.2) is 4.98 Å². The maximum Gasteiger partial charge on any atom is 0.262 e. The molecule has 1 aliphatic heterocycles. The number of benzene rings is 2. The van der Waals surface area contributed by atoms with Crippen LogP contribution in [-0.2, 0) is 16.1 Å². The standard InChI is InChI=1S/C22H23N3O4/c1-4-29-22-19-23-18-8-6-5-7-17(18)21(27)25(19)14(2)20(26)24(22)13-15-9-11-16(28-3)12-10-15/h5-12,14,22H,4,13H2,1-3H3/t14-,22-/m0/s1. The molecule has 1 aromatic heterocycles. The van der Waals surface area contributed by atoms with Crippen molar-refractivity contribution in [2.24, 2.45) is 0 Å². The number of amides is 1. The number of carbonyl (C=O) groups excluding carboxylic acids is 1. The quantitative estimate of drug-likeness (QED) is 0.666. The number of methoxy groups -OCH3 is 1. The van der Waals surface area contributed by atoms with Crippen LogP contribution >= 0.6 is 0 Å². The van der Waals surface area contributed by atoms with Crippen LogP contribution in [0.15, 0.2) is 53.3 Å². The van der Waals surface area contributed by atoms with Gasteiger partial charge in [-0.05, 0) is 43.7 Å². The van der Waals surface area contributed by atoms with E-state index in [4.69, 9.17) is 14.5 Å². The second-order valence-electron chi connectivity index (χ2n) is 6.96. The molecule has 2 atom stereocenters. The van der Waals surface area contributed by atoms with Gasteiger partial charge in [-0.15, -0.1) is 0 Å². The minimum Gasteiger partial charge on any atom is -0.497 e. The fourth-order valence-corrected chi connectivity index (χ4v) is 3.73. The molecule has 0 spiro atoms. The number of nitrogens with zero attached hydrogens (tertiary/aromatic N) is 3. The summed E-state index contributed by atoms with van der Waals surface area (Å²) in [5, 5.41) is 0.495. The third-order valence-electron chi connectivity index (χ3n) is 5.20. The molecule has 150 valence electrons. The van der Waals surface area contributed by atoms with Crippen LogP contribution < -0.4 is 10.3 Å². The first-order valence-electron chi connectivity index (χ1n) is 9.61. The summed E-state index contributed by atoms with van der Waals surface area (Å²) in [5.41, 5.74) is 1.31. The highest BCUT2D eigenvalue weighted by Gasteiger charge is 2.40. The molecule has 1 amide bonds. The van der Waals surface area contributed by atoms with Gasteiger partial charge in [0.25, 0.3) is 5.56 Å². The number of ether oxygens (including phenoxy) is 2. The number of aromatic nitrogens is 2. The summed E-state index contributed by atoms with van der Waals surface area (Å²) in [5.74, 6) is 1.03.